The third-order valence-corrected chi connectivity index (χ3v) is 5.51. The van der Waals surface area contributed by atoms with E-state index in [0.717, 1.165) is 17.4 Å². The molecule has 1 aliphatic rings. The molecule has 2 aromatic carbocycles. The molecule has 2 amide bonds. The molecule has 1 aliphatic heterocycles. The molecule has 1 saturated heterocycles. The number of aryl methyl sites for hydroxylation is 1. The van der Waals surface area contributed by atoms with E-state index in [0.29, 0.717) is 45.4 Å². The first-order valence-corrected chi connectivity index (χ1v) is 10.7. The summed E-state index contributed by atoms with van der Waals surface area (Å²) in [6, 6.07) is 12.4. The molecule has 0 aromatic heterocycles. The largest absolute Gasteiger partial charge is 0.493 e. The average molecular weight is 448 g/mol. The van der Waals surface area contributed by atoms with Gasteiger partial charge < -0.3 is 15.0 Å². The summed E-state index contributed by atoms with van der Waals surface area (Å²) in [5.41, 5.74) is -0.222. The van der Waals surface area contributed by atoms with Gasteiger partial charge in [-0.1, -0.05) is 30.3 Å². The minimum atomic E-state index is -4.58. The first-order valence-electron chi connectivity index (χ1n) is 10.7. The quantitative estimate of drug-likeness (QED) is 0.630. The van der Waals surface area contributed by atoms with Crippen LogP contribution in [0.4, 0.5) is 13.2 Å². The Labute approximate surface area is 185 Å². The molecule has 2 aromatic rings. The first-order chi connectivity index (χ1) is 15.3. The molecule has 0 atom stereocenters. The molecule has 1 heterocycles. The zero-order valence-corrected chi connectivity index (χ0v) is 18.0. The zero-order chi connectivity index (χ0) is 23.1. The van der Waals surface area contributed by atoms with Crippen LogP contribution in [0.5, 0.6) is 5.75 Å². The number of alkyl halides is 3. The van der Waals surface area contributed by atoms with Crippen molar-refractivity contribution in [3.8, 4) is 5.75 Å². The summed E-state index contributed by atoms with van der Waals surface area (Å²) < 4.78 is 45.3. The maximum atomic E-state index is 13.2. The van der Waals surface area contributed by atoms with Crippen molar-refractivity contribution in [1.82, 2.24) is 10.2 Å². The van der Waals surface area contributed by atoms with Crippen molar-refractivity contribution in [1.29, 1.82) is 0 Å². The van der Waals surface area contributed by atoms with Gasteiger partial charge in [-0.2, -0.15) is 13.2 Å². The summed E-state index contributed by atoms with van der Waals surface area (Å²) in [6.45, 7) is 2.99. The van der Waals surface area contributed by atoms with Crippen molar-refractivity contribution < 1.29 is 27.5 Å². The molecule has 8 heteroatoms. The van der Waals surface area contributed by atoms with Gasteiger partial charge in [-0.3, -0.25) is 9.59 Å². The van der Waals surface area contributed by atoms with Crippen molar-refractivity contribution in [2.75, 3.05) is 19.7 Å². The van der Waals surface area contributed by atoms with Crippen LogP contribution in [0.15, 0.2) is 48.5 Å². The Hall–Kier alpha value is -3.03. The molecule has 0 bridgehead atoms. The second-order valence-electron chi connectivity index (χ2n) is 7.89. The Morgan fingerprint density at radius 3 is 2.41 bits per heavy atom. The van der Waals surface area contributed by atoms with E-state index in [1.54, 1.807) is 0 Å². The summed E-state index contributed by atoms with van der Waals surface area (Å²) in [6.07, 6.45) is -2.67. The lowest BCUT2D eigenvalue weighted by molar-refractivity contribution is -0.138. The number of halogens is 3. The summed E-state index contributed by atoms with van der Waals surface area (Å²) in [7, 11) is 0. The highest BCUT2D eigenvalue weighted by Gasteiger charge is 2.36. The monoisotopic (exact) mass is 448 g/mol. The van der Waals surface area contributed by atoms with Crippen LogP contribution in [0.1, 0.15) is 47.2 Å². The Morgan fingerprint density at radius 1 is 1.06 bits per heavy atom. The van der Waals surface area contributed by atoms with Crippen LogP contribution < -0.4 is 10.1 Å². The van der Waals surface area contributed by atoms with E-state index in [-0.39, 0.29) is 17.5 Å². The van der Waals surface area contributed by atoms with Crippen molar-refractivity contribution >= 4 is 11.8 Å². The van der Waals surface area contributed by atoms with Gasteiger partial charge in [0.1, 0.15) is 5.75 Å². The van der Waals surface area contributed by atoms with Gasteiger partial charge in [0.25, 0.3) is 5.91 Å². The maximum Gasteiger partial charge on any atom is 0.417 e. The number of ether oxygens (including phenoxy) is 1. The van der Waals surface area contributed by atoms with Gasteiger partial charge in [0.15, 0.2) is 0 Å². The molecule has 1 N–H and O–H groups in total. The van der Waals surface area contributed by atoms with E-state index in [4.69, 9.17) is 4.74 Å². The number of carbonyl (C=O) groups is 2. The molecule has 0 aliphatic carbocycles. The number of nitrogens with zero attached hydrogens (tertiary/aromatic N) is 1. The van der Waals surface area contributed by atoms with Gasteiger partial charge in [0.05, 0.1) is 17.7 Å². The first kappa shape index (κ1) is 23.6. The predicted octanol–water partition coefficient (Wildman–Crippen LogP) is 4.59. The van der Waals surface area contributed by atoms with Crippen molar-refractivity contribution in [2.45, 2.75) is 44.8 Å². The van der Waals surface area contributed by atoms with Gasteiger partial charge in [0.2, 0.25) is 5.91 Å². The Kier molecular flexibility index (Phi) is 7.77. The number of nitrogens with one attached hydrogen (secondary N) is 1. The summed E-state index contributed by atoms with van der Waals surface area (Å²) >= 11 is 0. The van der Waals surface area contributed by atoms with Gasteiger partial charge >= 0.3 is 6.18 Å². The molecule has 0 radical (unpaired) electrons. The Bertz CT molecular complexity index is 938. The van der Waals surface area contributed by atoms with Crippen molar-refractivity contribution in [3.63, 3.8) is 0 Å². The minimum absolute atomic E-state index is 0.0921. The molecule has 5 nitrogen and oxygen atoms in total. The van der Waals surface area contributed by atoms with Gasteiger partial charge in [-0.25, -0.2) is 0 Å². The lowest BCUT2D eigenvalue weighted by Gasteiger charge is -2.33. The molecule has 0 unspecified atom stereocenters. The van der Waals surface area contributed by atoms with Gasteiger partial charge in [-0.05, 0) is 49.9 Å². The lowest BCUT2D eigenvalue weighted by atomic mass is 10.0. The summed E-state index contributed by atoms with van der Waals surface area (Å²) in [5, 5.41) is 2.95. The summed E-state index contributed by atoms with van der Waals surface area (Å²) in [4.78, 5) is 26.3. The van der Waals surface area contributed by atoms with Crippen molar-refractivity contribution in [3.05, 3.63) is 65.2 Å². The molecule has 0 saturated carbocycles. The SMILES string of the molecule is Cc1ccccc1OCCCC(=O)NC1CCN(C(=O)c2ccccc2C(F)(F)F)CC1. The van der Waals surface area contributed by atoms with Gasteiger partial charge in [-0.15, -0.1) is 0 Å². The number of hydrogen-bond acceptors (Lipinski definition) is 3. The van der Waals surface area contributed by atoms with Gasteiger partial charge in [0, 0.05) is 25.6 Å². The predicted molar refractivity (Wildman–Crippen MR) is 114 cm³/mol. The number of amides is 2. The fraction of sp³-hybridized carbons (Fsp3) is 0.417. The normalized spacial score (nSPS) is 14.8. The molecular weight excluding hydrogens is 421 g/mol. The van der Waals surface area contributed by atoms with Crippen LogP contribution >= 0.6 is 0 Å². The number of rotatable bonds is 7. The minimum Gasteiger partial charge on any atom is -0.493 e. The number of para-hydroxylation sites is 1. The van der Waals surface area contributed by atoms with Crippen LogP contribution in [-0.2, 0) is 11.0 Å². The molecule has 172 valence electrons. The van der Waals surface area contributed by atoms with E-state index in [1.807, 2.05) is 31.2 Å². The van der Waals surface area contributed by atoms with E-state index >= 15 is 0 Å². The number of piperidine rings is 1. The van der Waals surface area contributed by atoms with Crippen LogP contribution in [0.3, 0.4) is 0 Å². The maximum absolute atomic E-state index is 13.2. The highest BCUT2D eigenvalue weighted by molar-refractivity contribution is 5.96. The molecule has 32 heavy (non-hydrogen) atoms. The second-order valence-corrected chi connectivity index (χ2v) is 7.89. The average Bonchev–Trinajstić information content (AvgIpc) is 2.77. The smallest absolute Gasteiger partial charge is 0.417 e. The number of benzene rings is 2. The highest BCUT2D eigenvalue weighted by atomic mass is 19.4. The van der Waals surface area contributed by atoms with Crippen molar-refractivity contribution in [2.24, 2.45) is 0 Å². The summed E-state index contributed by atoms with van der Waals surface area (Å²) in [5.74, 6) is 0.0821. The Balaban J connectivity index is 1.42. The topological polar surface area (TPSA) is 58.6 Å². The standard InChI is InChI=1S/C24H27F3N2O3/c1-17-7-2-5-10-21(17)32-16-6-11-22(30)28-18-12-14-29(15-13-18)23(31)19-8-3-4-9-20(19)24(25,26)27/h2-5,7-10,18H,6,11-16H2,1H3,(H,28,30). The molecular formula is C24H27F3N2O3. The molecule has 1 fully saturated rings. The third kappa shape index (κ3) is 6.24. The molecule has 3 rings (SSSR count). The second kappa shape index (κ2) is 10.5. The number of carbonyl (C=O) groups excluding carboxylic acids is 2. The number of likely N-dealkylation sites (tertiary alicyclic amines) is 1. The lowest BCUT2D eigenvalue weighted by Crippen LogP contribution is -2.46. The van der Waals surface area contributed by atoms with E-state index < -0.39 is 17.6 Å². The van der Waals surface area contributed by atoms with Crippen LogP contribution in [0, 0.1) is 6.92 Å². The van der Waals surface area contributed by atoms with E-state index in [9.17, 15) is 22.8 Å². The third-order valence-electron chi connectivity index (χ3n) is 5.51. The van der Waals surface area contributed by atoms with Crippen LogP contribution in [0.2, 0.25) is 0 Å². The zero-order valence-electron chi connectivity index (χ0n) is 18.0. The highest BCUT2D eigenvalue weighted by Crippen LogP contribution is 2.32. The number of hydrogen-bond donors (Lipinski definition) is 1. The Morgan fingerprint density at radius 2 is 1.72 bits per heavy atom. The van der Waals surface area contributed by atoms with Crippen LogP contribution in [0.25, 0.3) is 0 Å². The van der Waals surface area contributed by atoms with E-state index in [2.05, 4.69) is 5.32 Å². The molecule has 0 spiro atoms. The fourth-order valence-electron chi connectivity index (χ4n) is 3.75. The fourth-order valence-corrected chi connectivity index (χ4v) is 3.75. The van der Waals surface area contributed by atoms with Crippen LogP contribution in [-0.4, -0.2) is 42.5 Å². The van der Waals surface area contributed by atoms with E-state index in [1.165, 1.54) is 23.1 Å².